The summed E-state index contributed by atoms with van der Waals surface area (Å²) in [6.45, 7) is 14.2. The number of Topliss-reactive ketones (excluding diaryl/α,β-unsaturated/α-hetero) is 2. The van der Waals surface area contributed by atoms with Gasteiger partial charge in [-0.05, 0) is 13.8 Å². The molecule has 0 aromatic heterocycles. The fraction of sp³-hybridized carbons (Fsp3) is 0.905. The second-order valence-corrected chi connectivity index (χ2v) is 12.7. The zero-order valence-corrected chi connectivity index (χ0v) is 25.5. The van der Waals surface area contributed by atoms with Crippen molar-refractivity contribution in [3.05, 3.63) is 0 Å². The number of hydrogen-bond donors (Lipinski definition) is 0. The van der Waals surface area contributed by atoms with Crippen LogP contribution in [0, 0.1) is 0 Å². The molecule has 0 rings (SSSR count). The number of carbonyl (C=O) groups excluding carboxylic acids is 2. The molecule has 0 aromatic carbocycles. The number of ketones is 2. The molecule has 0 fully saturated rings. The average molecular weight is 678 g/mol. The van der Waals surface area contributed by atoms with Crippen LogP contribution in [-0.2, 0) is 65.2 Å². The summed E-state index contributed by atoms with van der Waals surface area (Å²) in [7, 11) is -6.00. The van der Waals surface area contributed by atoms with Crippen LogP contribution in [0.2, 0.25) is 0 Å². The van der Waals surface area contributed by atoms with E-state index >= 15 is 0 Å². The number of carbonyl (C=O) groups is 2. The van der Waals surface area contributed by atoms with Crippen molar-refractivity contribution in [3.8, 4) is 0 Å². The first kappa shape index (κ1) is 41.7. The summed E-state index contributed by atoms with van der Waals surface area (Å²) in [4.78, 5) is 20.1. The maximum Gasteiger partial charge on any atom is 1.00 e. The number of rotatable bonds is 18. The third kappa shape index (κ3) is 39.8. The van der Waals surface area contributed by atoms with Crippen LogP contribution < -0.4 is 0 Å². The van der Waals surface area contributed by atoms with Gasteiger partial charge in [-0.25, -0.2) is 0 Å². The Morgan fingerprint density at radius 1 is 0.618 bits per heavy atom. The largest absolute Gasteiger partial charge is 1.00 e. The Hall–Kier alpha value is 0.588. The molecule has 0 aliphatic rings. The van der Waals surface area contributed by atoms with E-state index in [1.165, 1.54) is 13.8 Å². The summed E-state index contributed by atoms with van der Waals surface area (Å²) in [6, 6.07) is 0. The Balaban J connectivity index is -0.000000285. The minimum Gasteiger partial charge on any atom is -0.418 e. The number of hydrogen-bond acceptors (Lipinski definition) is 6. The summed E-state index contributed by atoms with van der Waals surface area (Å²) < 4.78 is 63.2. The van der Waals surface area contributed by atoms with E-state index in [1.807, 2.05) is 0 Å². The van der Waals surface area contributed by atoms with Crippen LogP contribution in [-0.4, -0.2) is 45.2 Å². The van der Waals surface area contributed by atoms with Crippen molar-refractivity contribution in [2.75, 3.05) is 26.4 Å². The van der Waals surface area contributed by atoms with Crippen LogP contribution in [0.3, 0.4) is 0 Å². The van der Waals surface area contributed by atoms with Crippen LogP contribution >= 0.6 is 0 Å². The topological polar surface area (TPSA) is 71.1 Å². The molecule has 0 unspecified atom stereocenters. The molecule has 6 nitrogen and oxygen atoms in total. The van der Waals surface area contributed by atoms with Crippen LogP contribution in [0.4, 0.5) is 17.3 Å². The first-order valence-electron chi connectivity index (χ1n) is 11.8. The first-order chi connectivity index (χ1) is 15.4. The molecular weight excluding hydrogens is 634 g/mol. The van der Waals surface area contributed by atoms with Gasteiger partial charge in [-0.15, -0.1) is 0 Å². The summed E-state index contributed by atoms with van der Waals surface area (Å²) >= 11 is -3.79. The van der Waals surface area contributed by atoms with Gasteiger partial charge in [0.1, 0.15) is 11.6 Å². The van der Waals surface area contributed by atoms with Crippen molar-refractivity contribution >= 4 is 18.8 Å². The third-order valence-electron chi connectivity index (χ3n) is 3.60. The van der Waals surface area contributed by atoms with E-state index < -0.39 is 29.3 Å². The normalized spacial score (nSPS) is 10.9. The molecule has 0 heterocycles. The van der Waals surface area contributed by atoms with Crippen LogP contribution in [0.25, 0.3) is 0 Å². The van der Waals surface area contributed by atoms with Gasteiger partial charge in [0.15, 0.2) is 0 Å². The van der Waals surface area contributed by atoms with Gasteiger partial charge in [0, 0.05) is 0 Å². The fourth-order valence-electron chi connectivity index (χ4n) is 1.97. The van der Waals surface area contributed by atoms with Crippen molar-refractivity contribution in [2.24, 2.45) is 0 Å². The third-order valence-corrected chi connectivity index (χ3v) is 9.09. The summed E-state index contributed by atoms with van der Waals surface area (Å²) in [5.41, 5.74) is 0. The fourth-order valence-corrected chi connectivity index (χ4v) is 7.07. The maximum absolute atomic E-state index is 10.0. The van der Waals surface area contributed by atoms with Gasteiger partial charge in [-0.2, -0.15) is 0 Å². The quantitative estimate of drug-likeness (QED) is 0.0679. The second kappa shape index (κ2) is 28.2. The molecule has 0 amide bonds. The monoisotopic (exact) mass is 676 g/mol. The molecule has 34 heavy (non-hydrogen) atoms. The molecule has 13 heteroatoms. The molecule has 0 N–H and O–H groups in total. The standard InChI is InChI=1S/C5H8O2.4C4H9O.Ag.BF4.Zr/c1-4(6)3-5(2)7;4*1-2-3-4-5;;2-1(3,4)5;/h3H2,1-2H3;4*2-4H2,1H3;;;/q;4*-1;+1;-1;+4. The molecular formula is C21H44AgBF4O6Zr. The predicted octanol–water partition coefficient (Wildman–Crippen LogP) is 6.92. The molecule has 0 aliphatic carbocycles. The molecule has 0 spiro atoms. The SMILES string of the molecule is CC(=O)CC(C)=O.CCCC[O][Zr]([O]CCCC)([O]CCCC)[O]CCCC.F[B-](F)(F)F.[Ag+]. The van der Waals surface area contributed by atoms with Crippen LogP contribution in [0.15, 0.2) is 0 Å². The zero-order valence-electron chi connectivity index (χ0n) is 21.5. The van der Waals surface area contributed by atoms with E-state index in [0.717, 1.165) is 51.4 Å². The first-order valence-corrected chi connectivity index (χ1v) is 15.8. The van der Waals surface area contributed by atoms with Crippen molar-refractivity contribution < 1.29 is 82.5 Å². The van der Waals surface area contributed by atoms with Gasteiger partial charge in [-0.1, -0.05) is 0 Å². The Kier molecular flexibility index (Phi) is 34.5. The number of halogens is 4. The zero-order chi connectivity index (χ0) is 26.2. The van der Waals surface area contributed by atoms with Crippen LogP contribution in [0.5, 0.6) is 0 Å². The molecule has 0 atom stereocenters. The van der Waals surface area contributed by atoms with Crippen molar-refractivity contribution in [1.29, 1.82) is 0 Å². The van der Waals surface area contributed by atoms with Gasteiger partial charge in [0.05, 0.1) is 6.42 Å². The Morgan fingerprint density at radius 3 is 0.941 bits per heavy atom. The van der Waals surface area contributed by atoms with E-state index in [2.05, 4.69) is 27.7 Å². The van der Waals surface area contributed by atoms with E-state index in [4.69, 9.17) is 11.3 Å². The predicted molar refractivity (Wildman–Crippen MR) is 120 cm³/mol. The van der Waals surface area contributed by atoms with Gasteiger partial charge in [0.25, 0.3) is 0 Å². The summed E-state index contributed by atoms with van der Waals surface area (Å²) in [5.74, 6) is -0.125. The molecule has 0 saturated heterocycles. The van der Waals surface area contributed by atoms with Gasteiger partial charge in [-0.3, -0.25) is 9.59 Å². The maximum atomic E-state index is 10.0. The van der Waals surface area contributed by atoms with E-state index in [9.17, 15) is 26.9 Å². The molecule has 0 saturated carbocycles. The van der Waals surface area contributed by atoms with Gasteiger partial charge < -0.3 is 17.3 Å². The molecule has 0 aliphatic heterocycles. The van der Waals surface area contributed by atoms with E-state index in [1.54, 1.807) is 0 Å². The summed E-state index contributed by atoms with van der Waals surface area (Å²) in [5, 5.41) is 0. The van der Waals surface area contributed by atoms with Gasteiger partial charge in [0.2, 0.25) is 0 Å². The van der Waals surface area contributed by atoms with Crippen LogP contribution in [0.1, 0.15) is 99.3 Å². The van der Waals surface area contributed by atoms with Gasteiger partial charge >= 0.3 is 168 Å². The Morgan fingerprint density at radius 2 is 0.824 bits per heavy atom. The van der Waals surface area contributed by atoms with E-state index in [0.29, 0.717) is 26.4 Å². The Bertz CT molecular complexity index is 414. The molecule has 0 radical (unpaired) electrons. The van der Waals surface area contributed by atoms with E-state index in [-0.39, 0.29) is 40.4 Å². The Labute approximate surface area is 226 Å². The minimum absolute atomic E-state index is 0. The summed E-state index contributed by atoms with van der Waals surface area (Å²) in [6.07, 6.45) is 8.66. The molecule has 0 bridgehead atoms. The number of unbranched alkanes of at least 4 members (excludes halogenated alkanes) is 4. The smallest absolute Gasteiger partial charge is 0.418 e. The average Bonchev–Trinajstić information content (AvgIpc) is 2.67. The second-order valence-electron chi connectivity index (χ2n) is 7.38. The minimum atomic E-state index is -6.00. The molecule has 210 valence electrons. The van der Waals surface area contributed by atoms with Crippen molar-refractivity contribution in [3.63, 3.8) is 0 Å². The van der Waals surface area contributed by atoms with Crippen molar-refractivity contribution in [1.82, 2.24) is 0 Å². The van der Waals surface area contributed by atoms with Crippen molar-refractivity contribution in [2.45, 2.75) is 99.3 Å². The molecule has 0 aromatic rings.